The number of hydrogen-bond acceptors (Lipinski definition) is 4. The van der Waals surface area contributed by atoms with Crippen LogP contribution in [0.25, 0.3) is 0 Å². The number of nitrogens with zero attached hydrogens (tertiary/aromatic N) is 2. The number of ether oxygens (including phenoxy) is 1. The first kappa shape index (κ1) is 14.9. The van der Waals surface area contributed by atoms with E-state index in [-0.39, 0.29) is 0 Å². The maximum atomic E-state index is 5.00. The molecule has 1 rings (SSSR count). The van der Waals surface area contributed by atoms with Crippen LogP contribution in [0.15, 0.2) is 12.3 Å². The molecule has 0 amide bonds. The van der Waals surface area contributed by atoms with E-state index in [9.17, 15) is 0 Å². The summed E-state index contributed by atoms with van der Waals surface area (Å²) in [7, 11) is 3.79. The summed E-state index contributed by atoms with van der Waals surface area (Å²) in [5.74, 6) is 1.06. The Morgan fingerprint density at radius 3 is 2.72 bits per heavy atom. The van der Waals surface area contributed by atoms with E-state index in [1.807, 2.05) is 6.20 Å². The number of aromatic nitrogens is 1. The van der Waals surface area contributed by atoms with Crippen LogP contribution in [0.5, 0.6) is 0 Å². The average molecular weight is 251 g/mol. The number of methoxy groups -OCH3 is 1. The zero-order valence-electron chi connectivity index (χ0n) is 12.2. The Kier molecular flexibility index (Phi) is 6.09. The Hall–Kier alpha value is -1.13. The number of hydrogen-bond donors (Lipinski definition) is 1. The first-order chi connectivity index (χ1) is 8.56. The lowest BCUT2D eigenvalue weighted by molar-refractivity contribution is 0.199. The number of pyridine rings is 1. The summed E-state index contributed by atoms with van der Waals surface area (Å²) in [6.45, 7) is 8.88. The van der Waals surface area contributed by atoms with Crippen LogP contribution in [-0.4, -0.2) is 38.3 Å². The summed E-state index contributed by atoms with van der Waals surface area (Å²) in [6.07, 6.45) is 1.95. The van der Waals surface area contributed by atoms with E-state index in [0.717, 1.165) is 25.5 Å². The molecule has 0 bridgehead atoms. The second-order valence-corrected chi connectivity index (χ2v) is 4.86. The van der Waals surface area contributed by atoms with Crippen molar-refractivity contribution in [2.45, 2.75) is 33.4 Å². The average Bonchev–Trinajstić information content (AvgIpc) is 2.34. The van der Waals surface area contributed by atoms with Crippen molar-refractivity contribution < 1.29 is 4.74 Å². The van der Waals surface area contributed by atoms with Gasteiger partial charge in [-0.05, 0) is 38.0 Å². The lowest BCUT2D eigenvalue weighted by atomic mass is 10.2. The van der Waals surface area contributed by atoms with Crippen LogP contribution in [0.2, 0.25) is 0 Å². The Morgan fingerprint density at radius 1 is 1.44 bits per heavy atom. The molecule has 1 aromatic heterocycles. The third-order valence-corrected chi connectivity index (χ3v) is 3.03. The van der Waals surface area contributed by atoms with E-state index in [2.05, 4.69) is 49.1 Å². The normalized spacial score (nSPS) is 11.0. The zero-order chi connectivity index (χ0) is 13.5. The molecule has 4 heteroatoms. The van der Waals surface area contributed by atoms with E-state index in [1.165, 1.54) is 11.1 Å². The molecule has 4 nitrogen and oxygen atoms in total. The molecule has 0 aliphatic heterocycles. The fraction of sp³-hybridized carbons (Fsp3) is 0.643. The highest BCUT2D eigenvalue weighted by Gasteiger charge is 2.09. The Bertz CT molecular complexity index is 366. The topological polar surface area (TPSA) is 37.4 Å². The highest BCUT2D eigenvalue weighted by Crippen LogP contribution is 2.18. The van der Waals surface area contributed by atoms with Gasteiger partial charge in [0, 0.05) is 39.5 Å². The number of rotatable bonds is 7. The monoisotopic (exact) mass is 251 g/mol. The van der Waals surface area contributed by atoms with Gasteiger partial charge in [-0.25, -0.2) is 4.98 Å². The van der Waals surface area contributed by atoms with Gasteiger partial charge in [0.1, 0.15) is 5.82 Å². The van der Waals surface area contributed by atoms with Gasteiger partial charge in [0.2, 0.25) is 0 Å². The molecule has 0 radical (unpaired) electrons. The van der Waals surface area contributed by atoms with Crippen LogP contribution in [0.3, 0.4) is 0 Å². The maximum Gasteiger partial charge on any atom is 0.131 e. The molecular weight excluding hydrogens is 226 g/mol. The van der Waals surface area contributed by atoms with Crippen LogP contribution >= 0.6 is 0 Å². The lowest BCUT2D eigenvalue weighted by Crippen LogP contribution is -2.27. The number of aryl methyl sites for hydroxylation is 1. The van der Waals surface area contributed by atoms with Gasteiger partial charge in [0.05, 0.1) is 6.61 Å². The minimum absolute atomic E-state index is 0.460. The van der Waals surface area contributed by atoms with Gasteiger partial charge in [-0.3, -0.25) is 0 Å². The molecule has 0 saturated heterocycles. The maximum absolute atomic E-state index is 5.00. The van der Waals surface area contributed by atoms with Crippen molar-refractivity contribution in [3.05, 3.63) is 23.4 Å². The molecule has 1 heterocycles. The summed E-state index contributed by atoms with van der Waals surface area (Å²) in [6, 6.07) is 2.66. The van der Waals surface area contributed by atoms with Crippen molar-refractivity contribution in [2.24, 2.45) is 0 Å². The van der Waals surface area contributed by atoms with Crippen LogP contribution in [0.4, 0.5) is 5.82 Å². The smallest absolute Gasteiger partial charge is 0.131 e. The summed E-state index contributed by atoms with van der Waals surface area (Å²) in [4.78, 5) is 6.74. The quantitative estimate of drug-likeness (QED) is 0.752. The Balaban J connectivity index is 2.62. The molecule has 0 spiro atoms. The van der Waals surface area contributed by atoms with Crippen LogP contribution in [0, 0.1) is 6.92 Å². The van der Waals surface area contributed by atoms with Crippen molar-refractivity contribution >= 4 is 5.82 Å². The fourth-order valence-electron chi connectivity index (χ4n) is 1.74. The van der Waals surface area contributed by atoms with E-state index in [4.69, 9.17) is 4.74 Å². The first-order valence-corrected chi connectivity index (χ1v) is 6.44. The first-order valence-electron chi connectivity index (χ1n) is 6.44. The fourth-order valence-corrected chi connectivity index (χ4v) is 1.74. The van der Waals surface area contributed by atoms with Gasteiger partial charge in [0.25, 0.3) is 0 Å². The minimum Gasteiger partial charge on any atom is -0.383 e. The molecule has 0 aliphatic carbocycles. The van der Waals surface area contributed by atoms with Crippen molar-refractivity contribution in [3.8, 4) is 0 Å². The molecule has 0 saturated carbocycles. The second-order valence-electron chi connectivity index (χ2n) is 4.86. The SMILES string of the molecule is COCCNCc1cnc(N(C)C(C)C)c(C)c1. The van der Waals surface area contributed by atoms with Gasteiger partial charge in [0.15, 0.2) is 0 Å². The van der Waals surface area contributed by atoms with Crippen molar-refractivity contribution in [2.75, 3.05) is 32.2 Å². The predicted octanol–water partition coefficient (Wildman–Crippen LogP) is 1.97. The summed E-state index contributed by atoms with van der Waals surface area (Å²) < 4.78 is 5.00. The molecule has 0 atom stereocenters. The molecule has 0 unspecified atom stereocenters. The van der Waals surface area contributed by atoms with Crippen LogP contribution in [-0.2, 0) is 11.3 Å². The molecule has 1 aromatic rings. The molecule has 18 heavy (non-hydrogen) atoms. The highest BCUT2D eigenvalue weighted by molar-refractivity contribution is 5.47. The van der Waals surface area contributed by atoms with Crippen molar-refractivity contribution in [3.63, 3.8) is 0 Å². The number of nitrogens with one attached hydrogen (secondary N) is 1. The highest BCUT2D eigenvalue weighted by atomic mass is 16.5. The molecule has 1 N–H and O–H groups in total. The molecule has 0 fully saturated rings. The Labute approximate surface area is 110 Å². The number of anilines is 1. The minimum atomic E-state index is 0.460. The standard InChI is InChI=1S/C14H25N3O/c1-11(2)17(4)14-12(3)8-13(10-16-14)9-15-6-7-18-5/h8,10-11,15H,6-7,9H2,1-5H3. The molecule has 0 aliphatic rings. The predicted molar refractivity (Wildman–Crippen MR) is 76.1 cm³/mol. The third kappa shape index (κ3) is 4.27. The Morgan fingerprint density at radius 2 is 2.17 bits per heavy atom. The van der Waals surface area contributed by atoms with Crippen LogP contribution < -0.4 is 10.2 Å². The van der Waals surface area contributed by atoms with Gasteiger partial charge < -0.3 is 15.0 Å². The van der Waals surface area contributed by atoms with Crippen LogP contribution in [0.1, 0.15) is 25.0 Å². The van der Waals surface area contributed by atoms with Gasteiger partial charge >= 0.3 is 0 Å². The van der Waals surface area contributed by atoms with E-state index < -0.39 is 0 Å². The van der Waals surface area contributed by atoms with E-state index >= 15 is 0 Å². The molecule has 0 aromatic carbocycles. The summed E-state index contributed by atoms with van der Waals surface area (Å²) in [5.41, 5.74) is 2.43. The van der Waals surface area contributed by atoms with E-state index in [0.29, 0.717) is 6.04 Å². The largest absolute Gasteiger partial charge is 0.383 e. The van der Waals surface area contributed by atoms with Crippen molar-refractivity contribution in [1.82, 2.24) is 10.3 Å². The molecule has 102 valence electrons. The second kappa shape index (κ2) is 7.34. The zero-order valence-corrected chi connectivity index (χ0v) is 12.2. The van der Waals surface area contributed by atoms with E-state index in [1.54, 1.807) is 7.11 Å². The lowest BCUT2D eigenvalue weighted by Gasteiger charge is -2.24. The van der Waals surface area contributed by atoms with Gasteiger partial charge in [-0.15, -0.1) is 0 Å². The molecular formula is C14H25N3O. The van der Waals surface area contributed by atoms with Gasteiger partial charge in [-0.1, -0.05) is 0 Å². The van der Waals surface area contributed by atoms with Crippen molar-refractivity contribution in [1.29, 1.82) is 0 Å². The third-order valence-electron chi connectivity index (χ3n) is 3.03. The van der Waals surface area contributed by atoms with Gasteiger partial charge in [-0.2, -0.15) is 0 Å². The summed E-state index contributed by atoms with van der Waals surface area (Å²) in [5, 5.41) is 3.32. The summed E-state index contributed by atoms with van der Waals surface area (Å²) >= 11 is 0.